The van der Waals surface area contributed by atoms with Crippen LogP contribution in [0.3, 0.4) is 0 Å². The summed E-state index contributed by atoms with van der Waals surface area (Å²) in [6.07, 6.45) is 4.76. The average molecular weight is 360 g/mol. The molecule has 7 heteroatoms. The molecule has 0 saturated heterocycles. The van der Waals surface area contributed by atoms with Crippen LogP contribution in [0.4, 0.5) is 0 Å². The summed E-state index contributed by atoms with van der Waals surface area (Å²) in [5.74, 6) is -2.42. The Morgan fingerprint density at radius 2 is 1.04 bits per heavy atom. The summed E-state index contributed by atoms with van der Waals surface area (Å²) in [6, 6.07) is 12.5. The van der Waals surface area contributed by atoms with E-state index in [0.29, 0.717) is 0 Å². The van der Waals surface area contributed by atoms with Crippen LogP contribution in [0.25, 0.3) is 12.2 Å². The minimum absolute atomic E-state index is 0. The average Bonchev–Trinajstić information content (AvgIpc) is 2.62. The van der Waals surface area contributed by atoms with Crippen LogP contribution in [0.1, 0.15) is 38.3 Å². The molecule has 0 spiro atoms. The lowest BCUT2D eigenvalue weighted by molar-refractivity contribution is -0.404. The van der Waals surface area contributed by atoms with Gasteiger partial charge in [0, 0.05) is 6.42 Å². The van der Waals surface area contributed by atoms with Gasteiger partial charge < -0.3 is 36.7 Å². The van der Waals surface area contributed by atoms with E-state index < -0.39 is 11.9 Å². The van der Waals surface area contributed by atoms with Crippen molar-refractivity contribution in [2.24, 2.45) is 0 Å². The molecule has 0 bridgehead atoms. The Bertz CT molecular complexity index is 648. The number of carboxylic acid groups (broad SMARTS) is 2. The fourth-order valence-corrected chi connectivity index (χ4v) is 1.83. The van der Waals surface area contributed by atoms with Crippen LogP contribution in [0, 0.1) is 0 Å². The van der Waals surface area contributed by atoms with Crippen molar-refractivity contribution in [1.82, 2.24) is 0 Å². The molecule has 2 aromatic rings. The highest BCUT2D eigenvalue weighted by atomic mass is 16.4. The van der Waals surface area contributed by atoms with Crippen molar-refractivity contribution >= 4 is 24.1 Å². The second-order valence-corrected chi connectivity index (χ2v) is 5.21. The quantitative estimate of drug-likeness (QED) is 0.549. The first-order chi connectivity index (χ1) is 12.0. The number of hydrogen-bond acceptors (Lipinski definition) is 4. The van der Waals surface area contributed by atoms with E-state index in [4.69, 9.17) is 0 Å². The molecule has 0 aromatic heterocycles. The van der Waals surface area contributed by atoms with Gasteiger partial charge in [-0.05, 0) is 22.3 Å². The first kappa shape index (κ1) is 23.0. The number of benzene rings is 2. The zero-order chi connectivity index (χ0) is 18.7. The lowest BCUT2D eigenvalue weighted by atomic mass is 10.1. The largest absolute Gasteiger partial charge is 0.545 e. The molecule has 0 aliphatic rings. The Balaban J connectivity index is 0.000000923. The van der Waals surface area contributed by atoms with Gasteiger partial charge in [0.1, 0.15) is 0 Å². The summed E-state index contributed by atoms with van der Waals surface area (Å²) in [5, 5.41) is 21.2. The van der Waals surface area contributed by atoms with Crippen LogP contribution in [-0.4, -0.2) is 30.5 Å². The van der Waals surface area contributed by atoms with Crippen molar-refractivity contribution in [2.75, 3.05) is 13.1 Å². The van der Waals surface area contributed by atoms with Gasteiger partial charge in [0.05, 0.1) is 25.0 Å². The number of aromatic carboxylic acids is 2. The minimum Gasteiger partial charge on any atom is -0.545 e. The normalized spacial score (nSPS) is 9.77. The molecule has 8 N–H and O–H groups in total. The molecule has 0 radical (unpaired) electrons. The van der Waals surface area contributed by atoms with Crippen LogP contribution >= 0.6 is 0 Å². The Labute approximate surface area is 151 Å². The fourth-order valence-electron chi connectivity index (χ4n) is 1.83. The van der Waals surface area contributed by atoms with Crippen molar-refractivity contribution in [1.29, 1.82) is 0 Å². The van der Waals surface area contributed by atoms with Gasteiger partial charge in [-0.2, -0.15) is 0 Å². The molecule has 140 valence electrons. The van der Waals surface area contributed by atoms with E-state index in [-0.39, 0.29) is 16.6 Å². The lowest BCUT2D eigenvalue weighted by Crippen LogP contribution is -2.56. The van der Waals surface area contributed by atoms with E-state index in [1.54, 1.807) is 36.4 Å². The van der Waals surface area contributed by atoms with Crippen LogP contribution < -0.4 is 21.7 Å². The van der Waals surface area contributed by atoms with Gasteiger partial charge in [-0.1, -0.05) is 60.7 Å². The number of rotatable bonds is 6. The summed E-state index contributed by atoms with van der Waals surface area (Å²) in [4.78, 5) is 21.2. The smallest absolute Gasteiger partial charge is 0.0794 e. The summed E-state index contributed by atoms with van der Waals surface area (Å²) in [7, 11) is 0. The molecule has 7 nitrogen and oxygen atoms in total. The van der Waals surface area contributed by atoms with Crippen molar-refractivity contribution in [3.63, 3.8) is 0 Å². The van der Waals surface area contributed by atoms with E-state index in [1.165, 1.54) is 30.7 Å². The van der Waals surface area contributed by atoms with Gasteiger partial charge >= 0.3 is 0 Å². The Hall–Kier alpha value is -3.00. The van der Waals surface area contributed by atoms with Crippen molar-refractivity contribution in [3.8, 4) is 0 Å². The summed E-state index contributed by atoms with van der Waals surface area (Å²) < 4.78 is 0. The maximum atomic E-state index is 10.6. The summed E-state index contributed by atoms with van der Waals surface area (Å²) in [5.41, 5.74) is 9.19. The van der Waals surface area contributed by atoms with Gasteiger partial charge in [0.15, 0.2) is 0 Å². The first-order valence-corrected chi connectivity index (χ1v) is 7.87. The number of hydrogen-bond donors (Lipinski definition) is 2. The molecule has 0 amide bonds. The maximum absolute atomic E-state index is 10.6. The molecule has 2 aromatic carbocycles. The minimum atomic E-state index is -1.21. The van der Waals surface area contributed by atoms with E-state index >= 15 is 0 Å². The molecule has 0 fully saturated rings. The van der Waals surface area contributed by atoms with E-state index in [9.17, 15) is 19.8 Å². The van der Waals surface area contributed by atoms with E-state index in [1.807, 2.05) is 0 Å². The first-order valence-electron chi connectivity index (χ1n) is 7.87. The molecule has 26 heavy (non-hydrogen) atoms. The molecule has 0 heterocycles. The fraction of sp³-hybridized carbons (Fsp3) is 0.158. The molecule has 0 aliphatic carbocycles. The lowest BCUT2D eigenvalue weighted by Gasteiger charge is -2.03. The molecule has 2 rings (SSSR count). The predicted octanol–water partition coefficient (Wildman–Crippen LogP) is -2.38. The third kappa shape index (κ3) is 8.20. The number of carbonyl (C=O) groups excluding carboxylic acids is 2. The molecular formula is C19H24N2O5. The Kier molecular flexibility index (Phi) is 10.9. The second-order valence-electron chi connectivity index (χ2n) is 5.21. The van der Waals surface area contributed by atoms with Gasteiger partial charge in [-0.25, -0.2) is 0 Å². The van der Waals surface area contributed by atoms with E-state index in [2.05, 4.69) is 11.5 Å². The SMILES string of the molecule is O.O=C([O-])c1ccc(/C=C/c2ccc(C(=O)[O-])cc2)cc1.[NH3+]CCC[NH3+]. The highest BCUT2D eigenvalue weighted by molar-refractivity contribution is 5.87. The molecule has 0 unspecified atom stereocenters. The number of quaternary nitrogens is 2. The van der Waals surface area contributed by atoms with Gasteiger partial charge in [-0.15, -0.1) is 0 Å². The molecule has 0 saturated carbocycles. The van der Waals surface area contributed by atoms with Crippen LogP contribution in [-0.2, 0) is 0 Å². The third-order valence-corrected chi connectivity index (χ3v) is 3.26. The third-order valence-electron chi connectivity index (χ3n) is 3.26. The Morgan fingerprint density at radius 1 is 0.731 bits per heavy atom. The van der Waals surface area contributed by atoms with Gasteiger partial charge in [0.2, 0.25) is 0 Å². The van der Waals surface area contributed by atoms with E-state index in [0.717, 1.165) is 24.2 Å². The highest BCUT2D eigenvalue weighted by Gasteiger charge is 1.94. The predicted molar refractivity (Wildman–Crippen MR) is 94.2 cm³/mol. The number of carbonyl (C=O) groups is 2. The molecular weight excluding hydrogens is 336 g/mol. The van der Waals surface area contributed by atoms with Crippen LogP contribution in [0.5, 0.6) is 0 Å². The van der Waals surface area contributed by atoms with Gasteiger partial charge in [-0.3, -0.25) is 0 Å². The molecule has 0 aliphatic heterocycles. The zero-order valence-corrected chi connectivity index (χ0v) is 14.4. The number of carboxylic acids is 2. The summed E-state index contributed by atoms with van der Waals surface area (Å²) in [6.45, 7) is 2.06. The highest BCUT2D eigenvalue weighted by Crippen LogP contribution is 2.10. The van der Waals surface area contributed by atoms with Crippen molar-refractivity contribution < 1.29 is 36.7 Å². The molecule has 0 atom stereocenters. The van der Waals surface area contributed by atoms with Crippen LogP contribution in [0.2, 0.25) is 0 Å². The van der Waals surface area contributed by atoms with Crippen molar-refractivity contribution in [2.45, 2.75) is 6.42 Å². The zero-order valence-electron chi connectivity index (χ0n) is 14.4. The monoisotopic (exact) mass is 360 g/mol. The van der Waals surface area contributed by atoms with Crippen molar-refractivity contribution in [3.05, 3.63) is 70.8 Å². The standard InChI is InChI=1S/C16H12O4.C3H10N2.H2O/c17-15(18)13-7-3-11(4-8-13)1-2-12-5-9-14(10-6-12)16(19)20;4-2-1-3-5;/h1-10H,(H,17,18)(H,19,20);1-5H2;1H2/b2-1+;;. The second kappa shape index (κ2) is 12.4. The maximum Gasteiger partial charge on any atom is 0.0794 e. The summed E-state index contributed by atoms with van der Waals surface area (Å²) >= 11 is 0. The topological polar surface area (TPSA) is 167 Å². The van der Waals surface area contributed by atoms with Crippen LogP contribution in [0.15, 0.2) is 48.5 Å². The van der Waals surface area contributed by atoms with Gasteiger partial charge in [0.25, 0.3) is 0 Å². The Morgan fingerprint density at radius 3 is 1.23 bits per heavy atom.